The second kappa shape index (κ2) is 8.06. The standard InChI is InChI=1S/C21H24BrN5O3/c1-11-12(2)23-20(25-18(11)28)27-17(10-16(26-27)21(3,4)5)24-19(29)14-9-13(30-6)7-8-15(14)22/h7-10H,1-6H3,(H,24,29)(H,23,25,28). The molecule has 2 heterocycles. The number of aryl methyl sites for hydroxylation is 1. The molecule has 1 aromatic carbocycles. The normalized spacial score (nSPS) is 11.4. The van der Waals surface area contributed by atoms with Crippen LogP contribution >= 0.6 is 15.9 Å². The molecule has 158 valence electrons. The van der Waals surface area contributed by atoms with Crippen LogP contribution in [-0.2, 0) is 5.41 Å². The van der Waals surface area contributed by atoms with Gasteiger partial charge in [0.1, 0.15) is 11.6 Å². The molecule has 0 atom stereocenters. The maximum atomic E-state index is 13.0. The molecular formula is C21H24BrN5O3. The van der Waals surface area contributed by atoms with E-state index in [0.29, 0.717) is 32.9 Å². The Morgan fingerprint density at radius 3 is 2.53 bits per heavy atom. The first kappa shape index (κ1) is 21.8. The highest BCUT2D eigenvalue weighted by atomic mass is 79.9. The van der Waals surface area contributed by atoms with E-state index in [1.165, 1.54) is 11.8 Å². The monoisotopic (exact) mass is 473 g/mol. The molecular weight excluding hydrogens is 450 g/mol. The maximum Gasteiger partial charge on any atom is 0.258 e. The largest absolute Gasteiger partial charge is 0.497 e. The third-order valence-corrected chi connectivity index (χ3v) is 5.41. The zero-order valence-electron chi connectivity index (χ0n) is 17.8. The second-order valence-electron chi connectivity index (χ2n) is 7.98. The molecule has 3 rings (SSSR count). The highest BCUT2D eigenvalue weighted by molar-refractivity contribution is 9.10. The Labute approximate surface area is 182 Å². The van der Waals surface area contributed by atoms with Crippen LogP contribution in [0.3, 0.4) is 0 Å². The fourth-order valence-electron chi connectivity index (χ4n) is 2.72. The van der Waals surface area contributed by atoms with Crippen LogP contribution < -0.4 is 15.6 Å². The number of carbonyl (C=O) groups excluding carboxylic acids is 1. The molecule has 0 aliphatic carbocycles. The molecule has 0 saturated carbocycles. The lowest BCUT2D eigenvalue weighted by atomic mass is 9.92. The molecule has 3 aromatic rings. The van der Waals surface area contributed by atoms with E-state index in [0.717, 1.165) is 5.69 Å². The Morgan fingerprint density at radius 1 is 1.23 bits per heavy atom. The number of ether oxygens (including phenoxy) is 1. The van der Waals surface area contributed by atoms with Crippen LogP contribution in [-0.4, -0.2) is 32.8 Å². The third kappa shape index (κ3) is 4.30. The Hall–Kier alpha value is -2.94. The van der Waals surface area contributed by atoms with Gasteiger partial charge < -0.3 is 10.1 Å². The van der Waals surface area contributed by atoms with E-state index in [1.54, 1.807) is 38.1 Å². The predicted molar refractivity (Wildman–Crippen MR) is 119 cm³/mol. The van der Waals surface area contributed by atoms with Gasteiger partial charge in [-0.05, 0) is 48.0 Å². The number of aromatic nitrogens is 4. The van der Waals surface area contributed by atoms with Crippen molar-refractivity contribution >= 4 is 27.7 Å². The van der Waals surface area contributed by atoms with E-state index in [-0.39, 0.29) is 22.8 Å². The van der Waals surface area contributed by atoms with Crippen LogP contribution in [0.4, 0.5) is 5.82 Å². The summed E-state index contributed by atoms with van der Waals surface area (Å²) < 4.78 is 7.29. The maximum absolute atomic E-state index is 13.0. The second-order valence-corrected chi connectivity index (χ2v) is 8.83. The predicted octanol–water partition coefficient (Wildman–Crippen LogP) is 3.89. The van der Waals surface area contributed by atoms with Crippen LogP contribution in [0.1, 0.15) is 48.1 Å². The Balaban J connectivity index is 2.09. The smallest absolute Gasteiger partial charge is 0.258 e. The van der Waals surface area contributed by atoms with Gasteiger partial charge in [-0.25, -0.2) is 4.98 Å². The van der Waals surface area contributed by atoms with E-state index < -0.39 is 0 Å². The fraction of sp³-hybridized carbons (Fsp3) is 0.333. The van der Waals surface area contributed by atoms with Crippen molar-refractivity contribution in [3.05, 3.63) is 61.6 Å². The van der Waals surface area contributed by atoms with Crippen molar-refractivity contribution in [3.63, 3.8) is 0 Å². The minimum absolute atomic E-state index is 0.235. The summed E-state index contributed by atoms with van der Waals surface area (Å²) in [6, 6.07) is 6.92. The number of H-pyrrole nitrogens is 1. The minimum Gasteiger partial charge on any atom is -0.497 e. The molecule has 0 aliphatic rings. The Bertz CT molecular complexity index is 1170. The van der Waals surface area contributed by atoms with Crippen LogP contribution in [0.2, 0.25) is 0 Å². The summed E-state index contributed by atoms with van der Waals surface area (Å²) in [5.74, 6) is 0.839. The number of amides is 1. The van der Waals surface area contributed by atoms with Crippen LogP contribution in [0.25, 0.3) is 5.95 Å². The van der Waals surface area contributed by atoms with Gasteiger partial charge in [-0.1, -0.05) is 20.8 Å². The summed E-state index contributed by atoms with van der Waals surface area (Å²) in [5.41, 5.74) is 1.74. The lowest BCUT2D eigenvalue weighted by Gasteiger charge is -2.14. The van der Waals surface area contributed by atoms with Crippen molar-refractivity contribution in [2.45, 2.75) is 40.0 Å². The number of halogens is 1. The van der Waals surface area contributed by atoms with Gasteiger partial charge in [-0.3, -0.25) is 14.6 Å². The lowest BCUT2D eigenvalue weighted by Crippen LogP contribution is -2.21. The van der Waals surface area contributed by atoms with Crippen molar-refractivity contribution < 1.29 is 9.53 Å². The minimum atomic E-state index is -0.353. The fourth-order valence-corrected chi connectivity index (χ4v) is 3.14. The molecule has 0 spiro atoms. The molecule has 1 amide bonds. The number of hydrogen-bond acceptors (Lipinski definition) is 5. The average Bonchev–Trinajstić information content (AvgIpc) is 3.10. The molecule has 0 fully saturated rings. The Kier molecular flexibility index (Phi) is 5.85. The van der Waals surface area contributed by atoms with Crippen LogP contribution in [0.5, 0.6) is 5.75 Å². The van der Waals surface area contributed by atoms with Crippen molar-refractivity contribution in [2.24, 2.45) is 0 Å². The zero-order chi connectivity index (χ0) is 22.2. The van der Waals surface area contributed by atoms with Crippen molar-refractivity contribution in [2.75, 3.05) is 12.4 Å². The van der Waals surface area contributed by atoms with Gasteiger partial charge in [-0.2, -0.15) is 9.78 Å². The molecule has 8 nitrogen and oxygen atoms in total. The van der Waals surface area contributed by atoms with Crippen molar-refractivity contribution in [3.8, 4) is 11.7 Å². The number of aromatic amines is 1. The summed E-state index contributed by atoms with van der Waals surface area (Å²) >= 11 is 3.40. The van der Waals surface area contributed by atoms with E-state index in [1.807, 2.05) is 20.8 Å². The number of carbonyl (C=O) groups is 1. The zero-order valence-corrected chi connectivity index (χ0v) is 19.3. The van der Waals surface area contributed by atoms with E-state index in [2.05, 4.69) is 36.3 Å². The third-order valence-electron chi connectivity index (χ3n) is 4.72. The van der Waals surface area contributed by atoms with Crippen LogP contribution in [0.15, 0.2) is 33.5 Å². The highest BCUT2D eigenvalue weighted by Gasteiger charge is 2.23. The summed E-state index contributed by atoms with van der Waals surface area (Å²) in [7, 11) is 1.54. The van der Waals surface area contributed by atoms with E-state index in [4.69, 9.17) is 4.74 Å². The molecule has 0 unspecified atom stereocenters. The van der Waals surface area contributed by atoms with Gasteiger partial charge in [0.25, 0.3) is 11.5 Å². The molecule has 30 heavy (non-hydrogen) atoms. The lowest BCUT2D eigenvalue weighted by molar-refractivity contribution is 0.102. The molecule has 0 radical (unpaired) electrons. The number of benzene rings is 1. The van der Waals surface area contributed by atoms with Crippen molar-refractivity contribution in [1.29, 1.82) is 0 Å². The van der Waals surface area contributed by atoms with Gasteiger partial charge >= 0.3 is 0 Å². The van der Waals surface area contributed by atoms with Crippen LogP contribution in [0, 0.1) is 13.8 Å². The molecule has 2 N–H and O–H groups in total. The van der Waals surface area contributed by atoms with Gasteiger partial charge in [0, 0.05) is 27.2 Å². The van der Waals surface area contributed by atoms with E-state index >= 15 is 0 Å². The molecule has 0 aliphatic heterocycles. The number of rotatable bonds is 4. The number of hydrogen-bond donors (Lipinski definition) is 2. The van der Waals surface area contributed by atoms with Crippen molar-refractivity contribution in [1.82, 2.24) is 19.7 Å². The van der Waals surface area contributed by atoms with Gasteiger partial charge in [0.2, 0.25) is 5.95 Å². The first-order chi connectivity index (χ1) is 14.0. The molecule has 0 saturated heterocycles. The van der Waals surface area contributed by atoms with Gasteiger partial charge in [0.15, 0.2) is 0 Å². The summed E-state index contributed by atoms with van der Waals surface area (Å²) in [6.07, 6.45) is 0. The topological polar surface area (TPSA) is 102 Å². The summed E-state index contributed by atoms with van der Waals surface area (Å²) in [5, 5.41) is 7.48. The number of nitrogens with zero attached hydrogens (tertiary/aromatic N) is 3. The quantitative estimate of drug-likeness (QED) is 0.598. The summed E-state index contributed by atoms with van der Waals surface area (Å²) in [6.45, 7) is 9.51. The van der Waals surface area contributed by atoms with E-state index in [9.17, 15) is 9.59 Å². The Morgan fingerprint density at radius 2 is 1.93 bits per heavy atom. The first-order valence-corrected chi connectivity index (χ1v) is 10.1. The molecule has 9 heteroatoms. The van der Waals surface area contributed by atoms with Gasteiger partial charge in [0.05, 0.1) is 18.4 Å². The average molecular weight is 474 g/mol. The number of anilines is 1. The summed E-state index contributed by atoms with van der Waals surface area (Å²) in [4.78, 5) is 32.5. The number of methoxy groups -OCH3 is 1. The first-order valence-electron chi connectivity index (χ1n) is 9.34. The number of nitrogens with one attached hydrogen (secondary N) is 2. The molecule has 2 aromatic heterocycles. The van der Waals surface area contributed by atoms with Gasteiger partial charge in [-0.15, -0.1) is 0 Å². The SMILES string of the molecule is COc1ccc(Br)c(C(=O)Nc2cc(C(C)(C)C)nn2-c2nc(C)c(C)c(=O)[nH]2)c1. The highest BCUT2D eigenvalue weighted by Crippen LogP contribution is 2.27. The molecule has 0 bridgehead atoms.